The molecule has 3 rings (SSSR count). The van der Waals surface area contributed by atoms with E-state index in [9.17, 15) is 14.7 Å². The number of aliphatic carboxylic acids is 1. The maximum Gasteiger partial charge on any atom is 0.410 e. The maximum atomic E-state index is 12.0. The van der Waals surface area contributed by atoms with Gasteiger partial charge in [0.25, 0.3) is 0 Å². The monoisotopic (exact) mass is 253 g/mol. The molecule has 0 saturated carbocycles. The number of piperidine rings is 1. The normalized spacial score (nSPS) is 30.4. The van der Waals surface area contributed by atoms with Crippen LogP contribution in [0, 0.1) is 11.8 Å². The Labute approximate surface area is 106 Å². The molecule has 3 atom stereocenters. The van der Waals surface area contributed by atoms with E-state index in [1.807, 2.05) is 12.2 Å². The van der Waals surface area contributed by atoms with Crippen LogP contribution >= 0.6 is 0 Å². The fourth-order valence-corrected chi connectivity index (χ4v) is 2.54. The van der Waals surface area contributed by atoms with Gasteiger partial charge in [-0.2, -0.15) is 0 Å². The Morgan fingerprint density at radius 2 is 2.00 bits per heavy atom. The maximum absolute atomic E-state index is 12.0. The third-order valence-electron chi connectivity index (χ3n) is 3.29. The van der Waals surface area contributed by atoms with E-state index in [-0.39, 0.29) is 12.0 Å². The highest BCUT2D eigenvalue weighted by atomic mass is 16.6. The highest BCUT2D eigenvalue weighted by Gasteiger charge is 2.44. The Morgan fingerprint density at radius 3 is 2.50 bits per heavy atom. The molecule has 100 valence electrons. The summed E-state index contributed by atoms with van der Waals surface area (Å²) in [6.07, 6.45) is 4.01. The number of carbonyl (C=O) groups is 2. The molecule has 2 aliphatic heterocycles. The van der Waals surface area contributed by atoms with Crippen LogP contribution in [-0.4, -0.2) is 40.3 Å². The summed E-state index contributed by atoms with van der Waals surface area (Å²) in [5.41, 5.74) is -0.559. The smallest absolute Gasteiger partial charge is 0.410 e. The van der Waals surface area contributed by atoms with E-state index in [1.165, 1.54) is 4.90 Å². The van der Waals surface area contributed by atoms with E-state index in [1.54, 1.807) is 20.8 Å². The van der Waals surface area contributed by atoms with Crippen molar-refractivity contribution in [3.63, 3.8) is 0 Å². The molecular weight excluding hydrogens is 234 g/mol. The summed E-state index contributed by atoms with van der Waals surface area (Å²) in [5, 5.41) is 9.18. The molecule has 1 aliphatic carbocycles. The zero-order valence-corrected chi connectivity index (χ0v) is 10.9. The molecule has 0 unspecified atom stereocenters. The van der Waals surface area contributed by atoms with Crippen LogP contribution < -0.4 is 0 Å². The van der Waals surface area contributed by atoms with E-state index < -0.39 is 23.6 Å². The summed E-state index contributed by atoms with van der Waals surface area (Å²) < 4.78 is 5.32. The molecule has 3 aliphatic rings. The van der Waals surface area contributed by atoms with Crippen molar-refractivity contribution in [2.24, 2.45) is 11.8 Å². The summed E-state index contributed by atoms with van der Waals surface area (Å²) >= 11 is 0. The van der Waals surface area contributed by atoms with Gasteiger partial charge in [-0.3, -0.25) is 4.79 Å². The van der Waals surface area contributed by atoms with Crippen molar-refractivity contribution in [3.8, 4) is 0 Å². The quantitative estimate of drug-likeness (QED) is 0.724. The summed E-state index contributed by atoms with van der Waals surface area (Å²) in [6, 6.07) is -0.373. The Morgan fingerprint density at radius 1 is 1.33 bits per heavy atom. The molecule has 1 saturated heterocycles. The van der Waals surface area contributed by atoms with Crippen LogP contribution in [0.5, 0.6) is 0 Å². The first-order valence-electron chi connectivity index (χ1n) is 6.18. The van der Waals surface area contributed by atoms with Gasteiger partial charge < -0.3 is 14.7 Å². The molecule has 0 aromatic carbocycles. The minimum atomic E-state index is -0.845. The zero-order valence-electron chi connectivity index (χ0n) is 10.9. The summed E-state index contributed by atoms with van der Waals surface area (Å²) in [4.78, 5) is 24.8. The number of nitrogens with zero attached hydrogens (tertiary/aromatic N) is 1. The Kier molecular flexibility index (Phi) is 3.09. The Hall–Kier alpha value is -1.52. The highest BCUT2D eigenvalue weighted by Crippen LogP contribution is 2.35. The second kappa shape index (κ2) is 4.30. The first-order chi connectivity index (χ1) is 8.28. The predicted octanol–water partition coefficient (Wildman–Crippen LogP) is 1.88. The van der Waals surface area contributed by atoms with E-state index >= 15 is 0 Å². The number of rotatable bonds is 1. The predicted molar refractivity (Wildman–Crippen MR) is 65.1 cm³/mol. The average Bonchev–Trinajstić information content (AvgIpc) is 2.27. The van der Waals surface area contributed by atoms with Crippen LogP contribution in [0.1, 0.15) is 27.2 Å². The molecular formula is C13H19NO4. The number of amides is 1. The molecule has 1 N–H and O–H groups in total. The number of hydrogen-bond acceptors (Lipinski definition) is 3. The molecule has 0 aromatic heterocycles. The lowest BCUT2D eigenvalue weighted by atomic mass is 9.78. The van der Waals surface area contributed by atoms with Gasteiger partial charge in [0, 0.05) is 6.54 Å². The lowest BCUT2D eigenvalue weighted by Gasteiger charge is -2.44. The molecule has 0 spiro atoms. The number of carboxylic acids is 1. The molecule has 5 heteroatoms. The van der Waals surface area contributed by atoms with Gasteiger partial charge in [0.1, 0.15) is 5.60 Å². The molecule has 0 radical (unpaired) electrons. The summed E-state index contributed by atoms with van der Waals surface area (Å²) in [6.45, 7) is 5.97. The third kappa shape index (κ3) is 2.49. The molecule has 2 heterocycles. The number of ether oxygens (including phenoxy) is 1. The number of hydrogen-bond donors (Lipinski definition) is 1. The van der Waals surface area contributed by atoms with Gasteiger partial charge in [-0.05, 0) is 33.1 Å². The number of carboxylic acid groups (broad SMARTS) is 1. The summed E-state index contributed by atoms with van der Waals surface area (Å²) in [7, 11) is 0. The van der Waals surface area contributed by atoms with Crippen molar-refractivity contribution in [2.75, 3.05) is 6.54 Å². The Balaban J connectivity index is 2.13. The van der Waals surface area contributed by atoms with Gasteiger partial charge in [0.05, 0.1) is 12.0 Å². The zero-order chi connectivity index (χ0) is 13.5. The van der Waals surface area contributed by atoms with Gasteiger partial charge in [0.2, 0.25) is 0 Å². The van der Waals surface area contributed by atoms with Gasteiger partial charge in [-0.25, -0.2) is 4.79 Å². The molecule has 1 amide bonds. The molecule has 1 fully saturated rings. The van der Waals surface area contributed by atoms with Gasteiger partial charge in [-0.1, -0.05) is 12.2 Å². The van der Waals surface area contributed by atoms with Crippen LogP contribution in [0.3, 0.4) is 0 Å². The largest absolute Gasteiger partial charge is 0.481 e. The minimum Gasteiger partial charge on any atom is -0.481 e. The summed E-state index contributed by atoms with van der Waals surface area (Å²) in [5.74, 6) is -1.23. The first-order valence-corrected chi connectivity index (χ1v) is 6.18. The van der Waals surface area contributed by atoms with Crippen LogP contribution in [0.25, 0.3) is 0 Å². The van der Waals surface area contributed by atoms with Crippen LogP contribution in [0.15, 0.2) is 12.2 Å². The average molecular weight is 253 g/mol. The van der Waals surface area contributed by atoms with E-state index in [4.69, 9.17) is 4.74 Å². The number of carbonyl (C=O) groups excluding carboxylic acids is 1. The van der Waals surface area contributed by atoms with Gasteiger partial charge in [0.15, 0.2) is 0 Å². The molecule has 2 bridgehead atoms. The van der Waals surface area contributed by atoms with Crippen molar-refractivity contribution in [2.45, 2.75) is 38.8 Å². The second-order valence-corrected chi connectivity index (χ2v) is 5.95. The molecule has 0 aromatic rings. The fourth-order valence-electron chi connectivity index (χ4n) is 2.54. The highest BCUT2D eigenvalue weighted by molar-refractivity contribution is 5.75. The van der Waals surface area contributed by atoms with Gasteiger partial charge in [-0.15, -0.1) is 0 Å². The molecule has 18 heavy (non-hydrogen) atoms. The van der Waals surface area contributed by atoms with Crippen molar-refractivity contribution < 1.29 is 19.4 Å². The van der Waals surface area contributed by atoms with Crippen LogP contribution in [-0.2, 0) is 9.53 Å². The Bertz CT molecular complexity index is 396. The van der Waals surface area contributed by atoms with Crippen molar-refractivity contribution >= 4 is 12.1 Å². The lowest BCUT2D eigenvalue weighted by molar-refractivity contribution is -0.145. The second-order valence-electron chi connectivity index (χ2n) is 5.95. The lowest BCUT2D eigenvalue weighted by Crippen LogP contribution is -2.55. The van der Waals surface area contributed by atoms with E-state index in [0.717, 1.165) is 0 Å². The van der Waals surface area contributed by atoms with Crippen LogP contribution in [0.4, 0.5) is 4.79 Å². The standard InChI is InChI=1S/C13H19NO4/c1-13(2,3)18-12(17)14-7-8-4-5-10(14)9(6-8)11(15)16/h4-5,8-10H,6-7H2,1-3H3,(H,15,16)/t8-,9+,10-/m0/s1. The van der Waals surface area contributed by atoms with Crippen molar-refractivity contribution in [1.29, 1.82) is 0 Å². The van der Waals surface area contributed by atoms with E-state index in [0.29, 0.717) is 13.0 Å². The molecule has 5 nitrogen and oxygen atoms in total. The van der Waals surface area contributed by atoms with Crippen molar-refractivity contribution in [1.82, 2.24) is 4.90 Å². The first kappa shape index (κ1) is 12.9. The topological polar surface area (TPSA) is 66.8 Å². The SMILES string of the molecule is CC(C)(C)OC(=O)N1C[C@H]2C=C[C@H]1[C@H](C(=O)O)C2. The minimum absolute atomic E-state index is 0.128. The van der Waals surface area contributed by atoms with E-state index in [2.05, 4.69) is 0 Å². The third-order valence-corrected chi connectivity index (χ3v) is 3.29. The van der Waals surface area contributed by atoms with Crippen molar-refractivity contribution in [3.05, 3.63) is 12.2 Å². The fraction of sp³-hybridized carbons (Fsp3) is 0.692. The van der Waals surface area contributed by atoms with Gasteiger partial charge >= 0.3 is 12.1 Å². The van der Waals surface area contributed by atoms with Crippen LogP contribution in [0.2, 0.25) is 0 Å². The number of fused-ring (bicyclic) bond motifs is 2.